The maximum Gasteiger partial charge on any atom is 0.305 e. The van der Waals surface area contributed by atoms with Gasteiger partial charge in [-0.15, -0.1) is 0 Å². The van der Waals surface area contributed by atoms with Crippen LogP contribution in [0.15, 0.2) is 21.2 Å². The number of ether oxygens (including phenoxy) is 1. The average molecular weight is 346 g/mol. The fourth-order valence-electron chi connectivity index (χ4n) is 2.13. The second-order valence-electron chi connectivity index (χ2n) is 4.63. The van der Waals surface area contributed by atoms with Crippen molar-refractivity contribution in [3.8, 4) is 0 Å². The van der Waals surface area contributed by atoms with Crippen LogP contribution in [0.4, 0.5) is 0 Å². The van der Waals surface area contributed by atoms with Gasteiger partial charge in [-0.3, -0.25) is 9.59 Å². The number of carbonyl (C=O) groups is 2. The van der Waals surface area contributed by atoms with Crippen LogP contribution in [0.3, 0.4) is 0 Å². The first kappa shape index (κ1) is 15.1. The first-order valence-corrected chi connectivity index (χ1v) is 7.23. The van der Waals surface area contributed by atoms with Gasteiger partial charge in [0.25, 0.3) is 5.91 Å². The summed E-state index contributed by atoms with van der Waals surface area (Å²) >= 11 is 3.14. The lowest BCUT2D eigenvalue weighted by Gasteiger charge is -2.24. The second kappa shape index (κ2) is 6.90. The number of carboxylic acid groups (broad SMARTS) is 1. The van der Waals surface area contributed by atoms with Crippen molar-refractivity contribution in [2.45, 2.75) is 25.4 Å². The van der Waals surface area contributed by atoms with Gasteiger partial charge in [-0.25, -0.2) is 0 Å². The summed E-state index contributed by atoms with van der Waals surface area (Å²) < 4.78 is 11.2. The molecule has 1 saturated heterocycles. The molecular formula is C13H16BrNO5. The molecule has 0 saturated carbocycles. The third-order valence-corrected chi connectivity index (χ3v) is 3.54. The Morgan fingerprint density at radius 2 is 2.25 bits per heavy atom. The minimum atomic E-state index is -0.934. The van der Waals surface area contributed by atoms with Crippen LogP contribution in [-0.2, 0) is 9.53 Å². The van der Waals surface area contributed by atoms with Crippen molar-refractivity contribution in [1.29, 1.82) is 0 Å². The van der Waals surface area contributed by atoms with Crippen molar-refractivity contribution >= 4 is 27.8 Å². The van der Waals surface area contributed by atoms with Crippen molar-refractivity contribution in [3.05, 3.63) is 22.6 Å². The Morgan fingerprint density at radius 3 is 2.80 bits per heavy atom. The van der Waals surface area contributed by atoms with Gasteiger partial charge in [0.1, 0.15) is 0 Å². The van der Waals surface area contributed by atoms with E-state index < -0.39 is 5.97 Å². The van der Waals surface area contributed by atoms with Gasteiger partial charge < -0.3 is 19.2 Å². The molecule has 20 heavy (non-hydrogen) atoms. The molecule has 1 unspecified atom stereocenters. The number of hydrogen-bond acceptors (Lipinski definition) is 4. The van der Waals surface area contributed by atoms with Crippen LogP contribution < -0.4 is 0 Å². The van der Waals surface area contributed by atoms with Crippen LogP contribution in [0, 0.1) is 0 Å². The van der Waals surface area contributed by atoms with E-state index in [0.29, 0.717) is 17.8 Å². The Kier molecular flexibility index (Phi) is 5.19. The third kappa shape index (κ3) is 4.08. The molecule has 110 valence electrons. The van der Waals surface area contributed by atoms with Gasteiger partial charge in [-0.1, -0.05) is 0 Å². The summed E-state index contributed by atoms with van der Waals surface area (Å²) in [7, 11) is 0. The molecule has 1 atom stereocenters. The molecule has 2 heterocycles. The molecule has 1 N–H and O–H groups in total. The number of nitrogens with zero attached hydrogens (tertiary/aromatic N) is 1. The van der Waals surface area contributed by atoms with E-state index >= 15 is 0 Å². The number of hydrogen-bond donors (Lipinski definition) is 1. The Labute approximate surface area is 124 Å². The van der Waals surface area contributed by atoms with E-state index in [1.807, 2.05) is 0 Å². The first-order chi connectivity index (χ1) is 9.56. The van der Waals surface area contributed by atoms with E-state index in [0.717, 1.165) is 12.8 Å². The maximum absolute atomic E-state index is 12.3. The number of carbonyl (C=O) groups excluding carboxylic acids is 1. The van der Waals surface area contributed by atoms with Crippen molar-refractivity contribution in [1.82, 2.24) is 4.90 Å². The molecule has 0 radical (unpaired) electrons. The molecular weight excluding hydrogens is 330 g/mol. The van der Waals surface area contributed by atoms with Crippen LogP contribution in [0.1, 0.15) is 29.8 Å². The molecule has 2 rings (SSSR count). The van der Waals surface area contributed by atoms with Gasteiger partial charge in [0, 0.05) is 19.7 Å². The molecule has 1 aromatic rings. The molecule has 1 fully saturated rings. The van der Waals surface area contributed by atoms with Gasteiger partial charge in [-0.2, -0.15) is 0 Å². The minimum Gasteiger partial charge on any atom is -0.481 e. The monoisotopic (exact) mass is 345 g/mol. The second-order valence-corrected chi connectivity index (χ2v) is 5.42. The van der Waals surface area contributed by atoms with Crippen LogP contribution >= 0.6 is 15.9 Å². The number of amides is 1. The molecule has 0 spiro atoms. The number of halogens is 1. The normalized spacial score (nSPS) is 18.1. The van der Waals surface area contributed by atoms with Gasteiger partial charge in [0.15, 0.2) is 10.4 Å². The number of furan rings is 1. The smallest absolute Gasteiger partial charge is 0.305 e. The van der Waals surface area contributed by atoms with Crippen LogP contribution in [0.2, 0.25) is 0 Å². The lowest BCUT2D eigenvalue weighted by atomic mass is 10.2. The molecule has 6 nitrogen and oxygen atoms in total. The molecule has 1 aromatic heterocycles. The van der Waals surface area contributed by atoms with Crippen molar-refractivity contribution in [2.24, 2.45) is 0 Å². The summed E-state index contributed by atoms with van der Waals surface area (Å²) in [5.41, 5.74) is 0. The summed E-state index contributed by atoms with van der Waals surface area (Å²) in [6.07, 6.45) is 1.74. The highest BCUT2D eigenvalue weighted by Gasteiger charge is 2.25. The zero-order chi connectivity index (χ0) is 14.5. The molecule has 1 amide bonds. The maximum atomic E-state index is 12.3. The summed E-state index contributed by atoms with van der Waals surface area (Å²) in [6, 6.07) is 3.20. The van der Waals surface area contributed by atoms with Crippen LogP contribution in [0.5, 0.6) is 0 Å². The first-order valence-electron chi connectivity index (χ1n) is 6.44. The number of aliphatic carboxylic acids is 1. The number of rotatable bonds is 6. The van der Waals surface area contributed by atoms with Crippen molar-refractivity contribution < 1.29 is 23.8 Å². The van der Waals surface area contributed by atoms with Gasteiger partial charge in [-0.05, 0) is 40.9 Å². The van der Waals surface area contributed by atoms with Gasteiger partial charge in [0.2, 0.25) is 0 Å². The van der Waals surface area contributed by atoms with Crippen LogP contribution in [0.25, 0.3) is 0 Å². The lowest BCUT2D eigenvalue weighted by molar-refractivity contribution is -0.137. The largest absolute Gasteiger partial charge is 0.481 e. The third-order valence-electron chi connectivity index (χ3n) is 3.11. The van der Waals surface area contributed by atoms with E-state index in [4.69, 9.17) is 14.3 Å². The van der Waals surface area contributed by atoms with E-state index in [-0.39, 0.29) is 30.7 Å². The van der Waals surface area contributed by atoms with Crippen LogP contribution in [-0.4, -0.2) is 47.7 Å². The zero-order valence-electron chi connectivity index (χ0n) is 10.9. The molecule has 0 aromatic carbocycles. The summed E-state index contributed by atoms with van der Waals surface area (Å²) in [5, 5.41) is 8.78. The van der Waals surface area contributed by atoms with Crippen molar-refractivity contribution in [2.75, 3.05) is 19.7 Å². The molecule has 0 aliphatic carbocycles. The highest BCUT2D eigenvalue weighted by atomic mass is 79.9. The SMILES string of the molecule is O=C(O)CCN(CC1CCCO1)C(=O)c1ccc(Br)o1. The molecule has 1 aliphatic heterocycles. The van der Waals surface area contributed by atoms with E-state index in [1.54, 1.807) is 12.1 Å². The average Bonchev–Trinajstić information content (AvgIpc) is 3.04. The highest BCUT2D eigenvalue weighted by Crippen LogP contribution is 2.18. The standard InChI is InChI=1S/C13H16BrNO5/c14-11-4-3-10(20-11)13(18)15(6-5-12(16)17)8-9-2-1-7-19-9/h3-4,9H,1-2,5-8H2,(H,16,17). The molecule has 1 aliphatic rings. The fraction of sp³-hybridized carbons (Fsp3) is 0.538. The van der Waals surface area contributed by atoms with Gasteiger partial charge in [0.05, 0.1) is 12.5 Å². The van der Waals surface area contributed by atoms with Crippen molar-refractivity contribution in [3.63, 3.8) is 0 Å². The predicted molar refractivity (Wildman–Crippen MR) is 73.5 cm³/mol. The van der Waals surface area contributed by atoms with Gasteiger partial charge >= 0.3 is 5.97 Å². The Balaban J connectivity index is 2.03. The summed E-state index contributed by atoms with van der Waals surface area (Å²) in [5.74, 6) is -1.05. The molecule has 7 heteroatoms. The topological polar surface area (TPSA) is 80.0 Å². The van der Waals surface area contributed by atoms with E-state index in [9.17, 15) is 9.59 Å². The summed E-state index contributed by atoms with van der Waals surface area (Å²) in [6.45, 7) is 1.23. The Bertz CT molecular complexity index is 481. The quantitative estimate of drug-likeness (QED) is 0.854. The summed E-state index contributed by atoms with van der Waals surface area (Å²) in [4.78, 5) is 24.5. The number of carboxylic acids is 1. The fourth-order valence-corrected chi connectivity index (χ4v) is 2.43. The lowest BCUT2D eigenvalue weighted by Crippen LogP contribution is -2.38. The minimum absolute atomic E-state index is 0.0221. The van der Waals surface area contributed by atoms with E-state index in [1.165, 1.54) is 4.90 Å². The molecule has 0 bridgehead atoms. The Hall–Kier alpha value is -1.34. The predicted octanol–water partition coefficient (Wildman–Crippen LogP) is 2.14. The van der Waals surface area contributed by atoms with E-state index in [2.05, 4.69) is 15.9 Å². The Morgan fingerprint density at radius 1 is 1.45 bits per heavy atom. The zero-order valence-corrected chi connectivity index (χ0v) is 12.5. The highest BCUT2D eigenvalue weighted by molar-refractivity contribution is 9.10.